The third-order valence-corrected chi connectivity index (χ3v) is 1.80. The maximum atomic E-state index is 9.69. The fraction of sp³-hybridized carbons (Fsp3) is 0.800. The lowest BCUT2D eigenvalue weighted by molar-refractivity contribution is -0.0308. The van der Waals surface area contributed by atoms with Crippen molar-refractivity contribution in [2.75, 3.05) is 0 Å². The van der Waals surface area contributed by atoms with Crippen molar-refractivity contribution in [2.24, 2.45) is 0 Å². The van der Waals surface area contributed by atoms with Gasteiger partial charge in [0.15, 0.2) is 0 Å². The second kappa shape index (κ2) is 6.68. The fourth-order valence-electron chi connectivity index (χ4n) is 1.18. The van der Waals surface area contributed by atoms with Gasteiger partial charge in [-0.15, -0.1) is 0 Å². The zero-order valence-corrected chi connectivity index (χ0v) is 9.08. The predicted octanol–water partition coefficient (Wildman–Crippen LogP) is 1.61. The van der Waals surface area contributed by atoms with Gasteiger partial charge in [-0.1, -0.05) is 0 Å². The van der Waals surface area contributed by atoms with Gasteiger partial charge >= 0.3 is 0 Å². The topological polar surface area (TPSA) is 77.2 Å². The highest BCUT2D eigenvalue weighted by atomic mass is 16.5. The SMILES string of the molecule is CC(=N)C(OC(C)C)C(O)CCC=N. The monoisotopic (exact) mass is 200 g/mol. The summed E-state index contributed by atoms with van der Waals surface area (Å²) >= 11 is 0. The maximum absolute atomic E-state index is 9.69. The standard InChI is InChI=1S/C10H20N2O2/c1-7(2)14-10(8(3)12)9(13)5-4-6-11/h6-7,9-13H,4-5H2,1-3H3. The van der Waals surface area contributed by atoms with Crippen LogP contribution in [0, 0.1) is 10.8 Å². The van der Waals surface area contributed by atoms with Gasteiger partial charge in [0, 0.05) is 5.71 Å². The molecule has 0 rings (SSSR count). The van der Waals surface area contributed by atoms with E-state index in [1.54, 1.807) is 6.92 Å². The Hall–Kier alpha value is -0.740. The predicted molar refractivity (Wildman–Crippen MR) is 57.4 cm³/mol. The van der Waals surface area contributed by atoms with Gasteiger partial charge in [-0.05, 0) is 39.8 Å². The summed E-state index contributed by atoms with van der Waals surface area (Å²) in [5, 5.41) is 24.0. The van der Waals surface area contributed by atoms with E-state index in [0.717, 1.165) is 0 Å². The van der Waals surface area contributed by atoms with Crippen molar-refractivity contribution >= 4 is 11.9 Å². The summed E-state index contributed by atoms with van der Waals surface area (Å²) in [4.78, 5) is 0. The molecule has 0 heterocycles. The molecule has 0 aliphatic rings. The van der Waals surface area contributed by atoms with Crippen molar-refractivity contribution in [1.82, 2.24) is 0 Å². The molecule has 0 aromatic heterocycles. The van der Waals surface area contributed by atoms with Crippen LogP contribution in [0.15, 0.2) is 0 Å². The van der Waals surface area contributed by atoms with Gasteiger partial charge in [0.1, 0.15) is 6.10 Å². The molecular weight excluding hydrogens is 180 g/mol. The summed E-state index contributed by atoms with van der Waals surface area (Å²) in [6.07, 6.45) is 1.03. The number of hydrogen-bond acceptors (Lipinski definition) is 4. The largest absolute Gasteiger partial charge is 0.390 e. The number of nitrogens with one attached hydrogen (secondary N) is 2. The Kier molecular flexibility index (Phi) is 6.32. The van der Waals surface area contributed by atoms with Crippen LogP contribution < -0.4 is 0 Å². The van der Waals surface area contributed by atoms with E-state index in [9.17, 15) is 5.11 Å². The minimum Gasteiger partial charge on any atom is -0.390 e. The lowest BCUT2D eigenvalue weighted by atomic mass is 10.1. The molecule has 0 amide bonds. The molecule has 0 aliphatic heterocycles. The summed E-state index contributed by atoms with van der Waals surface area (Å²) in [5.41, 5.74) is 0.330. The molecule has 0 saturated carbocycles. The Balaban J connectivity index is 4.17. The van der Waals surface area contributed by atoms with Crippen molar-refractivity contribution in [3.8, 4) is 0 Å². The molecule has 0 fully saturated rings. The van der Waals surface area contributed by atoms with Crippen LogP contribution >= 0.6 is 0 Å². The third-order valence-electron chi connectivity index (χ3n) is 1.80. The zero-order chi connectivity index (χ0) is 11.1. The molecule has 3 N–H and O–H groups in total. The molecule has 2 unspecified atom stereocenters. The summed E-state index contributed by atoms with van der Waals surface area (Å²) < 4.78 is 5.42. The average molecular weight is 200 g/mol. The minimum absolute atomic E-state index is 0.00469. The van der Waals surface area contributed by atoms with Crippen molar-refractivity contribution in [3.05, 3.63) is 0 Å². The lowest BCUT2D eigenvalue weighted by Gasteiger charge is -2.24. The first kappa shape index (κ1) is 13.3. The van der Waals surface area contributed by atoms with Crippen LogP contribution in [-0.2, 0) is 4.74 Å². The Labute approximate surface area is 85.3 Å². The summed E-state index contributed by atoms with van der Waals surface area (Å²) in [6.45, 7) is 5.37. The van der Waals surface area contributed by atoms with E-state index in [1.165, 1.54) is 6.21 Å². The smallest absolute Gasteiger partial charge is 0.121 e. The Morgan fingerprint density at radius 1 is 1.50 bits per heavy atom. The van der Waals surface area contributed by atoms with Crippen LogP contribution in [0.3, 0.4) is 0 Å². The number of rotatable bonds is 7. The molecule has 0 saturated heterocycles. The van der Waals surface area contributed by atoms with Gasteiger partial charge in [0.05, 0.1) is 12.2 Å². The normalized spacial score (nSPS) is 15.2. The number of ether oxygens (including phenoxy) is 1. The summed E-state index contributed by atoms with van der Waals surface area (Å²) in [7, 11) is 0. The van der Waals surface area contributed by atoms with Crippen LogP contribution in [-0.4, -0.2) is 35.3 Å². The molecule has 0 aromatic carbocycles. The first-order chi connectivity index (χ1) is 6.49. The van der Waals surface area contributed by atoms with Crippen molar-refractivity contribution in [1.29, 1.82) is 10.8 Å². The van der Waals surface area contributed by atoms with Gasteiger partial charge in [0.25, 0.3) is 0 Å². The van der Waals surface area contributed by atoms with Gasteiger partial charge in [-0.3, -0.25) is 0 Å². The van der Waals surface area contributed by atoms with E-state index in [4.69, 9.17) is 15.6 Å². The number of aliphatic hydroxyl groups excluding tert-OH is 1. The molecule has 4 nitrogen and oxygen atoms in total. The summed E-state index contributed by atoms with van der Waals surface area (Å²) in [5.74, 6) is 0. The van der Waals surface area contributed by atoms with E-state index >= 15 is 0 Å². The molecule has 0 spiro atoms. The van der Waals surface area contributed by atoms with E-state index in [-0.39, 0.29) is 6.10 Å². The van der Waals surface area contributed by atoms with Crippen LogP contribution in [0.4, 0.5) is 0 Å². The van der Waals surface area contributed by atoms with Crippen molar-refractivity contribution < 1.29 is 9.84 Å². The highest BCUT2D eigenvalue weighted by molar-refractivity contribution is 5.83. The average Bonchev–Trinajstić information content (AvgIpc) is 2.09. The van der Waals surface area contributed by atoms with E-state index in [2.05, 4.69) is 0 Å². The molecule has 0 bridgehead atoms. The molecule has 0 aromatic rings. The number of hydrogen-bond donors (Lipinski definition) is 3. The maximum Gasteiger partial charge on any atom is 0.121 e. The minimum atomic E-state index is -0.684. The van der Waals surface area contributed by atoms with E-state index in [1.807, 2.05) is 13.8 Å². The Bertz CT molecular complexity index is 193. The highest BCUT2D eigenvalue weighted by Crippen LogP contribution is 2.09. The number of aliphatic hydroxyl groups is 1. The van der Waals surface area contributed by atoms with Crippen LogP contribution in [0.1, 0.15) is 33.6 Å². The zero-order valence-electron chi connectivity index (χ0n) is 9.08. The fourth-order valence-corrected chi connectivity index (χ4v) is 1.18. The molecular formula is C10H20N2O2. The van der Waals surface area contributed by atoms with Crippen LogP contribution in [0.5, 0.6) is 0 Å². The molecule has 2 atom stereocenters. The van der Waals surface area contributed by atoms with Gasteiger partial charge in [0.2, 0.25) is 0 Å². The lowest BCUT2D eigenvalue weighted by Crippen LogP contribution is -2.36. The molecule has 4 heteroatoms. The third kappa shape index (κ3) is 5.09. The Morgan fingerprint density at radius 3 is 2.43 bits per heavy atom. The highest BCUT2D eigenvalue weighted by Gasteiger charge is 2.22. The molecule has 82 valence electrons. The van der Waals surface area contributed by atoms with E-state index in [0.29, 0.717) is 18.6 Å². The second-order valence-corrected chi connectivity index (χ2v) is 3.64. The molecule has 14 heavy (non-hydrogen) atoms. The van der Waals surface area contributed by atoms with Gasteiger partial charge in [-0.25, -0.2) is 0 Å². The van der Waals surface area contributed by atoms with Crippen LogP contribution in [0.25, 0.3) is 0 Å². The first-order valence-corrected chi connectivity index (χ1v) is 4.86. The molecule has 0 radical (unpaired) electrons. The quantitative estimate of drug-likeness (QED) is 0.546. The first-order valence-electron chi connectivity index (χ1n) is 4.86. The second-order valence-electron chi connectivity index (χ2n) is 3.64. The van der Waals surface area contributed by atoms with Crippen LogP contribution in [0.2, 0.25) is 0 Å². The van der Waals surface area contributed by atoms with Crippen molar-refractivity contribution in [3.63, 3.8) is 0 Å². The summed E-state index contributed by atoms with van der Waals surface area (Å²) in [6, 6.07) is 0. The van der Waals surface area contributed by atoms with Gasteiger partial charge in [-0.2, -0.15) is 0 Å². The van der Waals surface area contributed by atoms with Crippen molar-refractivity contribution in [2.45, 2.75) is 51.9 Å². The molecule has 0 aliphatic carbocycles. The Morgan fingerprint density at radius 2 is 2.07 bits per heavy atom. The van der Waals surface area contributed by atoms with Gasteiger partial charge < -0.3 is 20.7 Å². The van der Waals surface area contributed by atoms with E-state index < -0.39 is 12.2 Å².